The van der Waals surface area contributed by atoms with Crippen molar-refractivity contribution in [3.05, 3.63) is 64.1 Å². The lowest BCUT2D eigenvalue weighted by Crippen LogP contribution is -2.30. The van der Waals surface area contributed by atoms with E-state index in [1.54, 1.807) is 37.3 Å². The summed E-state index contributed by atoms with van der Waals surface area (Å²) in [5, 5.41) is 2.73. The van der Waals surface area contributed by atoms with E-state index in [1.807, 2.05) is 25.1 Å². The fourth-order valence-corrected chi connectivity index (χ4v) is 2.32. The number of hydrogen-bond donors (Lipinski definition) is 1. The second-order valence-corrected chi connectivity index (χ2v) is 5.74. The first-order chi connectivity index (χ1) is 10.5. The zero-order valence-electron chi connectivity index (χ0n) is 12.3. The van der Waals surface area contributed by atoms with Crippen LogP contribution in [-0.2, 0) is 9.53 Å². The van der Waals surface area contributed by atoms with Crippen molar-refractivity contribution in [2.45, 2.75) is 20.0 Å². The van der Waals surface area contributed by atoms with Crippen molar-refractivity contribution in [3.8, 4) is 0 Å². The zero-order chi connectivity index (χ0) is 16.1. The van der Waals surface area contributed by atoms with Crippen LogP contribution in [0.4, 0.5) is 5.69 Å². The highest BCUT2D eigenvalue weighted by Gasteiger charge is 2.20. The molecular weight excluding hydrogens is 346 g/mol. The van der Waals surface area contributed by atoms with E-state index in [1.165, 1.54) is 0 Å². The van der Waals surface area contributed by atoms with Crippen LogP contribution in [0, 0.1) is 6.92 Å². The quantitative estimate of drug-likeness (QED) is 0.839. The van der Waals surface area contributed by atoms with Crippen LogP contribution < -0.4 is 5.32 Å². The average Bonchev–Trinajstić information content (AvgIpc) is 2.47. The third kappa shape index (κ3) is 4.18. The maximum atomic E-state index is 12.1. The molecule has 0 spiro atoms. The molecule has 1 amide bonds. The van der Waals surface area contributed by atoms with E-state index in [-0.39, 0.29) is 5.91 Å². The largest absolute Gasteiger partial charge is 0.449 e. The summed E-state index contributed by atoms with van der Waals surface area (Å²) >= 11 is 3.28. The molecular formula is C17H16BrNO3. The number of nitrogens with one attached hydrogen (secondary N) is 1. The molecule has 0 fully saturated rings. The molecule has 1 N–H and O–H groups in total. The topological polar surface area (TPSA) is 55.4 Å². The predicted molar refractivity (Wildman–Crippen MR) is 88.8 cm³/mol. The molecule has 0 aliphatic rings. The maximum absolute atomic E-state index is 12.1. The number of amides is 1. The molecule has 0 radical (unpaired) electrons. The van der Waals surface area contributed by atoms with Crippen molar-refractivity contribution >= 4 is 33.5 Å². The Labute approximate surface area is 137 Å². The molecule has 22 heavy (non-hydrogen) atoms. The Kier molecular flexibility index (Phi) is 5.33. The van der Waals surface area contributed by atoms with Crippen LogP contribution >= 0.6 is 15.9 Å². The fraction of sp³-hybridized carbons (Fsp3) is 0.176. The lowest BCUT2D eigenvalue weighted by molar-refractivity contribution is -0.123. The van der Waals surface area contributed by atoms with E-state index in [9.17, 15) is 9.59 Å². The Morgan fingerprint density at radius 1 is 1.14 bits per heavy atom. The van der Waals surface area contributed by atoms with E-state index < -0.39 is 12.1 Å². The van der Waals surface area contributed by atoms with Crippen molar-refractivity contribution in [1.82, 2.24) is 0 Å². The lowest BCUT2D eigenvalue weighted by atomic mass is 10.2. The van der Waals surface area contributed by atoms with Crippen LogP contribution in [0.2, 0.25) is 0 Å². The van der Waals surface area contributed by atoms with Crippen molar-refractivity contribution in [2.24, 2.45) is 0 Å². The molecule has 1 atom stereocenters. The van der Waals surface area contributed by atoms with Crippen LogP contribution in [0.3, 0.4) is 0 Å². The van der Waals surface area contributed by atoms with E-state index in [2.05, 4.69) is 21.2 Å². The predicted octanol–water partition coefficient (Wildman–Crippen LogP) is 3.94. The van der Waals surface area contributed by atoms with Gasteiger partial charge in [0.05, 0.1) is 5.56 Å². The smallest absolute Gasteiger partial charge is 0.340 e. The number of ether oxygens (including phenoxy) is 1. The molecule has 2 aromatic carbocycles. The van der Waals surface area contributed by atoms with Gasteiger partial charge in [0.25, 0.3) is 5.91 Å². The molecule has 2 rings (SSSR count). The summed E-state index contributed by atoms with van der Waals surface area (Å²) in [5.74, 6) is -0.912. The number of carbonyl (C=O) groups excluding carboxylic acids is 2. The molecule has 114 valence electrons. The van der Waals surface area contributed by atoms with Crippen LogP contribution in [0.5, 0.6) is 0 Å². The monoisotopic (exact) mass is 361 g/mol. The third-order valence-electron chi connectivity index (χ3n) is 3.03. The van der Waals surface area contributed by atoms with Gasteiger partial charge in [-0.2, -0.15) is 0 Å². The summed E-state index contributed by atoms with van der Waals surface area (Å²) in [5.41, 5.74) is 2.10. The Morgan fingerprint density at radius 2 is 1.86 bits per heavy atom. The highest BCUT2D eigenvalue weighted by atomic mass is 79.9. The maximum Gasteiger partial charge on any atom is 0.340 e. The van der Waals surface area contributed by atoms with Gasteiger partial charge >= 0.3 is 5.97 Å². The molecule has 0 saturated heterocycles. The van der Waals surface area contributed by atoms with Gasteiger partial charge in [0.15, 0.2) is 6.10 Å². The van der Waals surface area contributed by atoms with Crippen molar-refractivity contribution in [3.63, 3.8) is 0 Å². The van der Waals surface area contributed by atoms with Gasteiger partial charge < -0.3 is 10.1 Å². The molecule has 0 saturated carbocycles. The number of carbonyl (C=O) groups is 2. The van der Waals surface area contributed by atoms with Crippen LogP contribution in [-0.4, -0.2) is 18.0 Å². The highest BCUT2D eigenvalue weighted by molar-refractivity contribution is 9.10. The normalized spacial score (nSPS) is 11.6. The van der Waals surface area contributed by atoms with Gasteiger partial charge in [-0.3, -0.25) is 4.79 Å². The summed E-state index contributed by atoms with van der Waals surface area (Å²) in [4.78, 5) is 24.1. The summed E-state index contributed by atoms with van der Waals surface area (Å²) in [6, 6.07) is 14.3. The third-order valence-corrected chi connectivity index (χ3v) is 3.72. The Morgan fingerprint density at radius 3 is 2.55 bits per heavy atom. The first-order valence-electron chi connectivity index (χ1n) is 6.80. The summed E-state index contributed by atoms with van der Waals surface area (Å²) in [6.07, 6.45) is -0.889. The van der Waals surface area contributed by atoms with Gasteiger partial charge in [0.2, 0.25) is 0 Å². The molecule has 4 nitrogen and oxygen atoms in total. The van der Waals surface area contributed by atoms with Gasteiger partial charge in [-0.25, -0.2) is 4.79 Å². The number of rotatable bonds is 4. The van der Waals surface area contributed by atoms with Gasteiger partial charge in [0.1, 0.15) is 0 Å². The van der Waals surface area contributed by atoms with Gasteiger partial charge in [-0.1, -0.05) is 24.3 Å². The number of esters is 1. The minimum atomic E-state index is -0.889. The van der Waals surface area contributed by atoms with Crippen LogP contribution in [0.1, 0.15) is 22.8 Å². The first kappa shape index (κ1) is 16.2. The van der Waals surface area contributed by atoms with Crippen LogP contribution in [0.15, 0.2) is 53.0 Å². The average molecular weight is 362 g/mol. The van der Waals surface area contributed by atoms with E-state index in [0.29, 0.717) is 15.7 Å². The summed E-state index contributed by atoms with van der Waals surface area (Å²) in [7, 11) is 0. The second kappa shape index (κ2) is 7.22. The Bertz CT molecular complexity index is 700. The van der Waals surface area contributed by atoms with Gasteiger partial charge in [-0.15, -0.1) is 0 Å². The zero-order valence-corrected chi connectivity index (χ0v) is 13.9. The number of benzene rings is 2. The highest BCUT2D eigenvalue weighted by Crippen LogP contribution is 2.18. The van der Waals surface area contributed by atoms with Gasteiger partial charge in [0, 0.05) is 10.2 Å². The number of hydrogen-bond acceptors (Lipinski definition) is 3. The van der Waals surface area contributed by atoms with E-state index >= 15 is 0 Å². The molecule has 2 aromatic rings. The minimum absolute atomic E-state index is 0.369. The molecule has 0 aromatic heterocycles. The second-order valence-electron chi connectivity index (χ2n) is 4.89. The summed E-state index contributed by atoms with van der Waals surface area (Å²) < 4.78 is 5.83. The first-order valence-corrected chi connectivity index (χ1v) is 7.59. The Hall–Kier alpha value is -2.14. The standard InChI is InChI=1S/C17H16BrNO3/c1-11-6-5-7-13(10-11)19-16(20)12(2)22-17(21)14-8-3-4-9-15(14)18/h3-10,12H,1-2H3,(H,19,20)/t12-/m0/s1. The molecule has 0 heterocycles. The van der Waals surface area contributed by atoms with Crippen molar-refractivity contribution in [2.75, 3.05) is 5.32 Å². The molecule has 0 aliphatic heterocycles. The Balaban J connectivity index is 1.99. The van der Waals surface area contributed by atoms with Gasteiger partial charge in [-0.05, 0) is 59.6 Å². The SMILES string of the molecule is Cc1cccc(NC(=O)[C@H](C)OC(=O)c2ccccc2Br)c1. The molecule has 0 bridgehead atoms. The molecule has 5 heteroatoms. The van der Waals surface area contributed by atoms with E-state index in [0.717, 1.165) is 5.56 Å². The fourth-order valence-electron chi connectivity index (χ4n) is 1.87. The van der Waals surface area contributed by atoms with Crippen LogP contribution in [0.25, 0.3) is 0 Å². The van der Waals surface area contributed by atoms with E-state index in [4.69, 9.17) is 4.74 Å². The molecule has 0 aliphatic carbocycles. The number of anilines is 1. The number of halogens is 1. The summed E-state index contributed by atoms with van der Waals surface area (Å²) in [6.45, 7) is 3.48. The lowest BCUT2D eigenvalue weighted by Gasteiger charge is -2.14. The number of aryl methyl sites for hydroxylation is 1. The van der Waals surface area contributed by atoms with Crippen molar-refractivity contribution in [1.29, 1.82) is 0 Å². The molecule has 0 unspecified atom stereocenters. The van der Waals surface area contributed by atoms with Crippen molar-refractivity contribution < 1.29 is 14.3 Å². The minimum Gasteiger partial charge on any atom is -0.449 e.